The maximum Gasteiger partial charge on any atom is 0.160 e. The first-order valence-corrected chi connectivity index (χ1v) is 7.57. The van der Waals surface area contributed by atoms with Gasteiger partial charge in [0.15, 0.2) is 6.29 Å². The van der Waals surface area contributed by atoms with Crippen molar-refractivity contribution in [3.8, 4) is 0 Å². The monoisotopic (exact) mass is 261 g/mol. The van der Waals surface area contributed by atoms with E-state index in [2.05, 4.69) is 23.3 Å². The molecule has 1 aromatic heterocycles. The van der Waals surface area contributed by atoms with Gasteiger partial charge < -0.3 is 0 Å². The van der Waals surface area contributed by atoms with Gasteiger partial charge in [-0.3, -0.25) is 9.69 Å². The van der Waals surface area contributed by atoms with E-state index in [1.54, 1.807) is 11.3 Å². The maximum atomic E-state index is 10.7. The first kappa shape index (κ1) is 12.1. The number of likely N-dealkylation sites (tertiary alicyclic amines) is 1. The number of rotatable bonds is 3. The molecule has 3 rings (SSSR count). The van der Waals surface area contributed by atoms with Crippen LogP contribution in [0.25, 0.3) is 5.57 Å². The Labute approximate surface area is 112 Å². The molecule has 0 radical (unpaired) electrons. The van der Waals surface area contributed by atoms with Crippen molar-refractivity contribution >= 4 is 23.2 Å². The molecule has 96 valence electrons. The number of carbonyl (C=O) groups is 1. The summed E-state index contributed by atoms with van der Waals surface area (Å²) in [4.78, 5) is 14.2. The average Bonchev–Trinajstić information content (AvgIpc) is 2.76. The minimum absolute atomic E-state index is 0.380. The highest BCUT2D eigenvalue weighted by Gasteiger charge is 2.36. The summed E-state index contributed by atoms with van der Waals surface area (Å²) in [6.45, 7) is 4.94. The summed E-state index contributed by atoms with van der Waals surface area (Å²) >= 11 is 1.55. The molecule has 1 saturated heterocycles. The minimum atomic E-state index is 0.380. The lowest BCUT2D eigenvalue weighted by molar-refractivity contribution is 0.0361. The fourth-order valence-corrected chi connectivity index (χ4v) is 3.67. The van der Waals surface area contributed by atoms with Gasteiger partial charge in [-0.25, -0.2) is 0 Å². The first-order chi connectivity index (χ1) is 8.71. The Morgan fingerprint density at radius 2 is 2.28 bits per heavy atom. The number of hydrogen-bond donors (Lipinski definition) is 0. The predicted molar refractivity (Wildman–Crippen MR) is 76.1 cm³/mol. The summed E-state index contributed by atoms with van der Waals surface area (Å²) < 4.78 is 0. The SMILES string of the molecule is CC1(N2CCC2)CC=C(c2csc(C=O)c2)CC1. The van der Waals surface area contributed by atoms with Crippen molar-refractivity contribution in [3.63, 3.8) is 0 Å². The minimum Gasteiger partial charge on any atom is -0.298 e. The molecule has 2 heterocycles. The molecule has 1 fully saturated rings. The van der Waals surface area contributed by atoms with E-state index in [9.17, 15) is 4.79 Å². The Kier molecular flexibility index (Phi) is 3.12. The van der Waals surface area contributed by atoms with Crippen LogP contribution in [-0.4, -0.2) is 29.8 Å². The zero-order chi connectivity index (χ0) is 12.6. The van der Waals surface area contributed by atoms with E-state index < -0.39 is 0 Å². The van der Waals surface area contributed by atoms with Crippen molar-refractivity contribution in [3.05, 3.63) is 28.0 Å². The van der Waals surface area contributed by atoms with E-state index in [0.29, 0.717) is 5.54 Å². The van der Waals surface area contributed by atoms with Gasteiger partial charge >= 0.3 is 0 Å². The molecule has 2 nitrogen and oxygen atoms in total. The molecule has 0 N–H and O–H groups in total. The first-order valence-electron chi connectivity index (χ1n) is 6.69. The summed E-state index contributed by atoms with van der Waals surface area (Å²) in [6, 6.07) is 2.02. The van der Waals surface area contributed by atoms with E-state index >= 15 is 0 Å². The lowest BCUT2D eigenvalue weighted by Crippen LogP contribution is -2.53. The van der Waals surface area contributed by atoms with Crippen LogP contribution in [-0.2, 0) is 0 Å². The summed E-state index contributed by atoms with van der Waals surface area (Å²) in [5.41, 5.74) is 3.07. The van der Waals surface area contributed by atoms with Gasteiger partial charge in [0.2, 0.25) is 0 Å². The van der Waals surface area contributed by atoms with Crippen LogP contribution in [0.2, 0.25) is 0 Å². The molecule has 1 aliphatic heterocycles. The van der Waals surface area contributed by atoms with Gasteiger partial charge in [-0.15, -0.1) is 11.3 Å². The Hall–Kier alpha value is -0.930. The summed E-state index contributed by atoms with van der Waals surface area (Å²) in [5.74, 6) is 0. The highest BCUT2D eigenvalue weighted by atomic mass is 32.1. The van der Waals surface area contributed by atoms with Gasteiger partial charge in [-0.05, 0) is 68.3 Å². The van der Waals surface area contributed by atoms with Gasteiger partial charge in [0.1, 0.15) is 0 Å². The fraction of sp³-hybridized carbons (Fsp3) is 0.533. The molecule has 1 aliphatic carbocycles. The van der Waals surface area contributed by atoms with E-state index in [1.807, 2.05) is 6.07 Å². The Bertz CT molecular complexity index is 486. The van der Waals surface area contributed by atoms with E-state index in [4.69, 9.17) is 0 Å². The van der Waals surface area contributed by atoms with Crippen LogP contribution in [0.3, 0.4) is 0 Å². The number of nitrogens with zero attached hydrogens (tertiary/aromatic N) is 1. The van der Waals surface area contributed by atoms with Gasteiger partial charge in [0.05, 0.1) is 4.88 Å². The van der Waals surface area contributed by atoms with Gasteiger partial charge in [-0.1, -0.05) is 6.08 Å². The van der Waals surface area contributed by atoms with Crippen molar-refractivity contribution < 1.29 is 4.79 Å². The van der Waals surface area contributed by atoms with Gasteiger partial charge in [0.25, 0.3) is 0 Å². The maximum absolute atomic E-state index is 10.7. The molecule has 0 bridgehead atoms. The van der Waals surface area contributed by atoms with Crippen molar-refractivity contribution in [2.75, 3.05) is 13.1 Å². The summed E-state index contributed by atoms with van der Waals surface area (Å²) in [6.07, 6.45) is 8.22. The smallest absolute Gasteiger partial charge is 0.160 e. The van der Waals surface area contributed by atoms with Crippen molar-refractivity contribution in [1.29, 1.82) is 0 Å². The number of thiophene rings is 1. The van der Waals surface area contributed by atoms with Crippen LogP contribution >= 0.6 is 11.3 Å². The molecule has 0 saturated carbocycles. The third-order valence-electron chi connectivity index (χ3n) is 4.45. The highest BCUT2D eigenvalue weighted by Crippen LogP contribution is 2.39. The van der Waals surface area contributed by atoms with E-state index in [1.165, 1.54) is 37.1 Å². The molecular formula is C15H19NOS. The quantitative estimate of drug-likeness (QED) is 0.775. The predicted octanol–water partition coefficient (Wildman–Crippen LogP) is 3.59. The normalized spacial score (nSPS) is 28.6. The van der Waals surface area contributed by atoms with E-state index in [-0.39, 0.29) is 0 Å². The Morgan fingerprint density at radius 1 is 1.44 bits per heavy atom. The van der Waals surface area contributed by atoms with Crippen LogP contribution < -0.4 is 0 Å². The lowest BCUT2D eigenvalue weighted by atomic mass is 9.80. The van der Waals surface area contributed by atoms with Crippen LogP contribution in [0, 0.1) is 0 Å². The summed E-state index contributed by atoms with van der Waals surface area (Å²) in [5, 5.41) is 2.11. The second kappa shape index (κ2) is 4.63. The third kappa shape index (κ3) is 2.06. The Balaban J connectivity index is 1.74. The van der Waals surface area contributed by atoms with Crippen LogP contribution in [0.4, 0.5) is 0 Å². The molecule has 1 aromatic rings. The van der Waals surface area contributed by atoms with Gasteiger partial charge in [-0.2, -0.15) is 0 Å². The molecule has 0 amide bonds. The number of hydrogen-bond acceptors (Lipinski definition) is 3. The second-order valence-electron chi connectivity index (χ2n) is 5.63. The zero-order valence-corrected chi connectivity index (χ0v) is 11.6. The molecule has 1 atom stereocenters. The van der Waals surface area contributed by atoms with Crippen LogP contribution in [0.1, 0.15) is 47.8 Å². The van der Waals surface area contributed by atoms with Crippen LogP contribution in [0.15, 0.2) is 17.5 Å². The fourth-order valence-electron chi connectivity index (χ4n) is 2.94. The van der Waals surface area contributed by atoms with Crippen molar-refractivity contribution in [1.82, 2.24) is 4.90 Å². The average molecular weight is 261 g/mol. The Morgan fingerprint density at radius 3 is 2.78 bits per heavy atom. The number of carbonyl (C=O) groups excluding carboxylic acids is 1. The molecule has 0 spiro atoms. The zero-order valence-electron chi connectivity index (χ0n) is 10.8. The van der Waals surface area contributed by atoms with E-state index in [0.717, 1.165) is 24.0 Å². The van der Waals surface area contributed by atoms with Crippen molar-refractivity contribution in [2.45, 2.75) is 38.1 Å². The molecule has 1 unspecified atom stereocenters. The standard InChI is InChI=1S/C15H19NOS/c1-15(16-7-2-8-16)5-3-12(4-6-15)13-9-14(10-17)18-11-13/h3,9-11H,2,4-8H2,1H3. The third-order valence-corrected chi connectivity index (χ3v) is 5.31. The summed E-state index contributed by atoms with van der Waals surface area (Å²) in [7, 11) is 0. The number of allylic oxidation sites excluding steroid dienone is 1. The molecule has 2 aliphatic rings. The number of aldehydes is 1. The lowest BCUT2D eigenvalue weighted by Gasteiger charge is -2.48. The molecular weight excluding hydrogens is 242 g/mol. The topological polar surface area (TPSA) is 20.3 Å². The second-order valence-corrected chi connectivity index (χ2v) is 6.57. The van der Waals surface area contributed by atoms with Crippen LogP contribution in [0.5, 0.6) is 0 Å². The molecule has 18 heavy (non-hydrogen) atoms. The van der Waals surface area contributed by atoms with Gasteiger partial charge in [0, 0.05) is 5.54 Å². The molecule has 0 aromatic carbocycles. The highest BCUT2D eigenvalue weighted by molar-refractivity contribution is 7.11. The largest absolute Gasteiger partial charge is 0.298 e. The molecule has 3 heteroatoms. The van der Waals surface area contributed by atoms with Crippen molar-refractivity contribution in [2.24, 2.45) is 0 Å².